The molecule has 0 radical (unpaired) electrons. The highest BCUT2D eigenvalue weighted by atomic mass is 32.2. The highest BCUT2D eigenvalue weighted by molar-refractivity contribution is 7.93. The van der Waals surface area contributed by atoms with Crippen LogP contribution >= 0.6 is 0 Å². The van der Waals surface area contributed by atoms with Gasteiger partial charge in [0.1, 0.15) is 0 Å². The van der Waals surface area contributed by atoms with Gasteiger partial charge in [-0.15, -0.1) is 0 Å². The van der Waals surface area contributed by atoms with Crippen LogP contribution in [0.3, 0.4) is 0 Å². The summed E-state index contributed by atoms with van der Waals surface area (Å²) < 4.78 is 22.9. The van der Waals surface area contributed by atoms with Crippen molar-refractivity contribution in [1.29, 1.82) is 0 Å². The summed E-state index contributed by atoms with van der Waals surface area (Å²) in [5.74, 6) is 0.819. The normalized spacial score (nSPS) is 44.8. The van der Waals surface area contributed by atoms with Gasteiger partial charge in [-0.3, -0.25) is 0 Å². The molecule has 0 bridgehead atoms. The topological polar surface area (TPSA) is 37.4 Å². The molecule has 0 aromatic carbocycles. The Morgan fingerprint density at radius 2 is 1.85 bits per heavy atom. The molecule has 1 aliphatic heterocycles. The summed E-state index contributed by atoms with van der Waals surface area (Å²) in [5, 5.41) is -0.0718. The zero-order chi connectivity index (χ0) is 10.0. The van der Waals surface area contributed by atoms with Crippen molar-refractivity contribution in [3.05, 3.63) is 0 Å². The lowest BCUT2D eigenvalue weighted by atomic mass is 9.57. The Labute approximate surface area is 80.0 Å². The van der Waals surface area contributed by atoms with Gasteiger partial charge in [-0.05, 0) is 25.4 Å². The number of hydrogen-bond donors (Lipinski definition) is 0. The molecule has 1 saturated carbocycles. The van der Waals surface area contributed by atoms with Gasteiger partial charge in [0.15, 0.2) is 9.84 Å². The molecule has 4 heteroatoms. The second-order valence-electron chi connectivity index (χ2n) is 5.13. The molecule has 13 heavy (non-hydrogen) atoms. The number of nitrogens with zero attached hydrogens (tertiary/aromatic N) is 1. The van der Waals surface area contributed by atoms with E-state index in [9.17, 15) is 8.42 Å². The fourth-order valence-electron chi connectivity index (χ4n) is 3.12. The van der Waals surface area contributed by atoms with Gasteiger partial charge in [-0.25, -0.2) is 8.42 Å². The number of sulfone groups is 1. The molecule has 76 valence electrons. The van der Waals surface area contributed by atoms with Crippen LogP contribution in [0.1, 0.15) is 13.8 Å². The van der Waals surface area contributed by atoms with Gasteiger partial charge >= 0.3 is 0 Å². The maximum atomic E-state index is 11.5. The maximum absolute atomic E-state index is 11.5. The molecule has 0 aromatic rings. The fourth-order valence-corrected chi connectivity index (χ4v) is 6.06. The summed E-state index contributed by atoms with van der Waals surface area (Å²) in [6.45, 7) is 4.35. The van der Waals surface area contributed by atoms with E-state index in [1.165, 1.54) is 0 Å². The van der Waals surface area contributed by atoms with Crippen LogP contribution < -0.4 is 0 Å². The van der Waals surface area contributed by atoms with E-state index in [4.69, 9.17) is 0 Å². The molecule has 2 fully saturated rings. The maximum Gasteiger partial charge on any atom is 0.155 e. The standard InChI is InChI=1S/C9H17NO2S/c1-9(2)6-5-13(11,12)7(6)8(9)10(3)4/h6-8H,5H2,1-4H3/t6-,7+,8+/m1/s1. The van der Waals surface area contributed by atoms with E-state index in [0.717, 1.165) is 0 Å². The van der Waals surface area contributed by atoms with E-state index in [1.807, 2.05) is 14.1 Å². The van der Waals surface area contributed by atoms with Crippen LogP contribution in [0.15, 0.2) is 0 Å². The monoisotopic (exact) mass is 203 g/mol. The van der Waals surface area contributed by atoms with Crippen molar-refractivity contribution in [2.75, 3.05) is 19.8 Å². The van der Waals surface area contributed by atoms with Crippen molar-refractivity contribution >= 4 is 9.84 Å². The predicted molar refractivity (Wildman–Crippen MR) is 52.3 cm³/mol. The van der Waals surface area contributed by atoms with Crippen LogP contribution in [0.5, 0.6) is 0 Å². The smallest absolute Gasteiger partial charge is 0.155 e. The van der Waals surface area contributed by atoms with Crippen molar-refractivity contribution in [2.24, 2.45) is 11.3 Å². The van der Waals surface area contributed by atoms with Gasteiger partial charge in [-0.2, -0.15) is 0 Å². The molecule has 0 N–H and O–H groups in total. The Bertz CT molecular complexity index is 332. The molecule has 2 aliphatic rings. The van der Waals surface area contributed by atoms with Crippen molar-refractivity contribution in [2.45, 2.75) is 25.1 Å². The summed E-state index contributed by atoms with van der Waals surface area (Å²) >= 11 is 0. The Balaban J connectivity index is 2.28. The molecular formula is C9H17NO2S. The highest BCUT2D eigenvalue weighted by Crippen LogP contribution is 2.58. The average molecular weight is 203 g/mol. The highest BCUT2D eigenvalue weighted by Gasteiger charge is 2.69. The molecular weight excluding hydrogens is 186 g/mol. The second-order valence-corrected chi connectivity index (χ2v) is 7.33. The molecule has 3 atom stereocenters. The molecule has 0 unspecified atom stereocenters. The number of fused-ring (bicyclic) bond motifs is 1. The average Bonchev–Trinajstić information content (AvgIpc) is 1.94. The summed E-state index contributed by atoms with van der Waals surface area (Å²) in [6, 6.07) is 0.219. The molecule has 3 nitrogen and oxygen atoms in total. The molecule has 0 aromatic heterocycles. The summed E-state index contributed by atoms with van der Waals surface area (Å²) in [4.78, 5) is 2.05. The van der Waals surface area contributed by atoms with E-state index in [0.29, 0.717) is 11.7 Å². The van der Waals surface area contributed by atoms with Gasteiger partial charge in [0.25, 0.3) is 0 Å². The van der Waals surface area contributed by atoms with E-state index in [2.05, 4.69) is 18.7 Å². The minimum atomic E-state index is -2.73. The third-order valence-electron chi connectivity index (χ3n) is 3.81. The lowest BCUT2D eigenvalue weighted by molar-refractivity contribution is -0.0397. The van der Waals surface area contributed by atoms with Crippen LogP contribution in [0.4, 0.5) is 0 Å². The van der Waals surface area contributed by atoms with Crippen molar-refractivity contribution in [3.8, 4) is 0 Å². The SMILES string of the molecule is CN(C)[C@H]1[C@@H]2[C@@H](CS2(=O)=O)C1(C)C. The summed E-state index contributed by atoms with van der Waals surface area (Å²) in [7, 11) is 1.21. The first kappa shape index (κ1) is 9.46. The zero-order valence-corrected chi connectivity index (χ0v) is 9.43. The second kappa shape index (κ2) is 2.28. The van der Waals surface area contributed by atoms with Crippen molar-refractivity contribution < 1.29 is 8.42 Å². The molecule has 1 saturated heterocycles. The predicted octanol–water partition coefficient (Wildman–Crippen LogP) is 0.370. The first-order chi connectivity index (χ1) is 5.78. The van der Waals surface area contributed by atoms with Gasteiger partial charge in [0.05, 0.1) is 11.0 Å². The van der Waals surface area contributed by atoms with Crippen LogP contribution in [-0.2, 0) is 9.84 Å². The lowest BCUT2D eigenvalue weighted by Crippen LogP contribution is -2.77. The first-order valence-corrected chi connectivity index (χ1v) is 6.38. The van der Waals surface area contributed by atoms with Crippen LogP contribution in [0.2, 0.25) is 0 Å². The fraction of sp³-hybridized carbons (Fsp3) is 1.00. The Kier molecular flexibility index (Phi) is 1.66. The van der Waals surface area contributed by atoms with E-state index in [1.54, 1.807) is 0 Å². The Hall–Kier alpha value is -0.0900. The largest absolute Gasteiger partial charge is 0.305 e. The van der Waals surface area contributed by atoms with E-state index < -0.39 is 9.84 Å². The molecule has 0 amide bonds. The first-order valence-electron chi connectivity index (χ1n) is 4.66. The van der Waals surface area contributed by atoms with Crippen LogP contribution in [0, 0.1) is 11.3 Å². The van der Waals surface area contributed by atoms with E-state index in [-0.39, 0.29) is 16.7 Å². The lowest BCUT2D eigenvalue weighted by Gasteiger charge is -2.65. The van der Waals surface area contributed by atoms with Gasteiger partial charge in [-0.1, -0.05) is 13.8 Å². The Morgan fingerprint density at radius 3 is 2.15 bits per heavy atom. The van der Waals surface area contributed by atoms with Crippen molar-refractivity contribution in [3.63, 3.8) is 0 Å². The zero-order valence-electron chi connectivity index (χ0n) is 8.61. The van der Waals surface area contributed by atoms with Crippen LogP contribution in [0.25, 0.3) is 0 Å². The van der Waals surface area contributed by atoms with Crippen molar-refractivity contribution in [1.82, 2.24) is 4.90 Å². The molecule has 1 aliphatic carbocycles. The number of rotatable bonds is 1. The molecule has 2 rings (SSSR count). The van der Waals surface area contributed by atoms with E-state index >= 15 is 0 Å². The Morgan fingerprint density at radius 1 is 1.31 bits per heavy atom. The third kappa shape index (κ3) is 0.960. The van der Waals surface area contributed by atoms with Gasteiger partial charge < -0.3 is 4.90 Å². The van der Waals surface area contributed by atoms with Gasteiger partial charge in [0.2, 0.25) is 0 Å². The van der Waals surface area contributed by atoms with Crippen LogP contribution in [-0.4, -0.2) is 44.5 Å². The molecule has 1 heterocycles. The number of hydrogen-bond acceptors (Lipinski definition) is 3. The minimum absolute atomic E-state index is 0.0718. The summed E-state index contributed by atoms with van der Waals surface area (Å²) in [6.07, 6.45) is 0. The van der Waals surface area contributed by atoms with Gasteiger partial charge in [0, 0.05) is 6.04 Å². The quantitative estimate of drug-likeness (QED) is 0.618. The molecule has 0 spiro atoms. The third-order valence-corrected chi connectivity index (χ3v) is 6.05. The minimum Gasteiger partial charge on any atom is -0.305 e. The summed E-state index contributed by atoms with van der Waals surface area (Å²) in [5.41, 5.74) is 0.180.